The molecule has 0 aromatic carbocycles. The molecule has 1 aromatic heterocycles. The van der Waals surface area contributed by atoms with Crippen molar-refractivity contribution in [1.82, 2.24) is 4.57 Å². The van der Waals surface area contributed by atoms with Gasteiger partial charge in [-0.2, -0.15) is 0 Å². The molecule has 1 rings (SSSR count). The molecule has 1 N–H and O–H groups in total. The van der Waals surface area contributed by atoms with Crippen molar-refractivity contribution in [3.05, 3.63) is 29.9 Å². The molecule has 0 radical (unpaired) electrons. The van der Waals surface area contributed by atoms with E-state index in [1.165, 1.54) is 7.11 Å². The molecule has 0 saturated carbocycles. The number of halogens is 1. The molecule has 5 nitrogen and oxygen atoms in total. The first-order valence-electron chi connectivity index (χ1n) is 4.91. The molecule has 1 aromatic rings. The second-order valence-corrected chi connectivity index (χ2v) is 3.37. The third kappa shape index (κ3) is 6.01. The summed E-state index contributed by atoms with van der Waals surface area (Å²) < 4.78 is 6.12. The van der Waals surface area contributed by atoms with E-state index >= 15 is 0 Å². The predicted octanol–water partition coefficient (Wildman–Crippen LogP) is 1.07. The fraction of sp³-hybridized carbons (Fsp3) is 0.364. The molecule has 0 aliphatic rings. The smallest absolute Gasteiger partial charge is 0.305 e. The maximum Gasteiger partial charge on any atom is 0.305 e. The van der Waals surface area contributed by atoms with E-state index in [0.717, 1.165) is 0 Å². The monoisotopic (exact) mass is 302 g/mol. The van der Waals surface area contributed by atoms with Gasteiger partial charge in [0.25, 0.3) is 0 Å². The Balaban J connectivity index is 0.00000256. The first-order chi connectivity index (χ1) is 7.61. The summed E-state index contributed by atoms with van der Waals surface area (Å²) in [6.07, 6.45) is 3.63. The van der Waals surface area contributed by atoms with Crippen LogP contribution in [0.4, 0.5) is 0 Å². The number of ether oxygens (including phenoxy) is 1. The number of ketones is 1. The number of Topliss-reactive ketones (excluding diaryl/α,β-unsaturated/α-hetero) is 1. The van der Waals surface area contributed by atoms with Crippen molar-refractivity contribution in [3.8, 4) is 0 Å². The Hall–Kier alpha value is -1.43. The third-order valence-corrected chi connectivity index (χ3v) is 2.09. The molecule has 0 bridgehead atoms. The molecule has 0 unspecified atom stereocenters. The van der Waals surface area contributed by atoms with E-state index in [4.69, 9.17) is 5.41 Å². The molecule has 0 amide bonds. The minimum Gasteiger partial charge on any atom is -0.469 e. The number of hydrogen-bond acceptors (Lipinski definition) is 4. The van der Waals surface area contributed by atoms with E-state index < -0.39 is 0 Å². The van der Waals surface area contributed by atoms with Crippen LogP contribution >= 0.6 is 17.0 Å². The Kier molecular flexibility index (Phi) is 7.13. The van der Waals surface area contributed by atoms with Gasteiger partial charge < -0.3 is 14.7 Å². The van der Waals surface area contributed by atoms with Gasteiger partial charge in [-0.1, -0.05) is 0 Å². The van der Waals surface area contributed by atoms with Gasteiger partial charge in [0.2, 0.25) is 0 Å². The second kappa shape index (κ2) is 7.78. The summed E-state index contributed by atoms with van der Waals surface area (Å²) in [7, 11) is 1.30. The van der Waals surface area contributed by atoms with Gasteiger partial charge in [-0.3, -0.25) is 9.59 Å². The summed E-state index contributed by atoms with van der Waals surface area (Å²) in [6, 6.07) is 3.21. The molecular weight excluding hydrogens is 288 g/mol. The number of hydrogen-bond donors (Lipinski definition) is 1. The number of esters is 1. The summed E-state index contributed by atoms with van der Waals surface area (Å²) in [6.45, 7) is 0.220. The van der Waals surface area contributed by atoms with E-state index in [-0.39, 0.29) is 48.1 Å². The minimum absolute atomic E-state index is 0. The molecule has 0 aliphatic carbocycles. The molecule has 0 fully saturated rings. The molecule has 17 heavy (non-hydrogen) atoms. The zero-order chi connectivity index (χ0) is 12.0. The maximum atomic E-state index is 11.4. The lowest BCUT2D eigenvalue weighted by molar-refractivity contribution is -0.142. The van der Waals surface area contributed by atoms with Gasteiger partial charge in [-0.25, -0.2) is 0 Å². The highest BCUT2D eigenvalue weighted by Gasteiger charge is 2.06. The van der Waals surface area contributed by atoms with Crippen molar-refractivity contribution in [3.63, 3.8) is 0 Å². The maximum absolute atomic E-state index is 11.4. The van der Waals surface area contributed by atoms with Crippen LogP contribution in [0.3, 0.4) is 0 Å². The highest BCUT2D eigenvalue weighted by molar-refractivity contribution is 8.93. The second-order valence-electron chi connectivity index (χ2n) is 3.37. The lowest BCUT2D eigenvalue weighted by Crippen LogP contribution is -2.13. The molecule has 1 heterocycles. The van der Waals surface area contributed by atoms with E-state index in [9.17, 15) is 9.59 Å². The predicted molar refractivity (Wildman–Crippen MR) is 66.9 cm³/mol. The van der Waals surface area contributed by atoms with Crippen LogP contribution in [0.5, 0.6) is 0 Å². The SMILES string of the molecule is Br.COC(=O)CCC(=O)Cn1ccc(=N)cc1. The fourth-order valence-electron chi connectivity index (χ4n) is 1.19. The van der Waals surface area contributed by atoms with Crippen LogP contribution in [0.15, 0.2) is 24.5 Å². The first-order valence-corrected chi connectivity index (χ1v) is 4.91. The number of carbonyl (C=O) groups is 2. The summed E-state index contributed by atoms with van der Waals surface area (Å²) >= 11 is 0. The van der Waals surface area contributed by atoms with Crippen molar-refractivity contribution >= 4 is 28.7 Å². The third-order valence-electron chi connectivity index (χ3n) is 2.09. The van der Waals surface area contributed by atoms with Crippen LogP contribution in [0, 0.1) is 5.41 Å². The molecule has 6 heteroatoms. The van der Waals surface area contributed by atoms with Crippen LogP contribution in [0.1, 0.15) is 12.8 Å². The number of methoxy groups -OCH3 is 1. The van der Waals surface area contributed by atoms with Gasteiger partial charge in [-0.05, 0) is 12.1 Å². The van der Waals surface area contributed by atoms with E-state index in [1.54, 1.807) is 29.1 Å². The molecule has 0 spiro atoms. The van der Waals surface area contributed by atoms with Gasteiger partial charge >= 0.3 is 5.97 Å². The Morgan fingerprint density at radius 3 is 2.41 bits per heavy atom. The number of nitrogens with zero attached hydrogens (tertiary/aromatic N) is 1. The normalized spacial score (nSPS) is 9.24. The summed E-state index contributed by atoms with van der Waals surface area (Å²) in [5.74, 6) is -0.409. The quantitative estimate of drug-likeness (QED) is 0.827. The van der Waals surface area contributed by atoms with E-state index in [2.05, 4.69) is 4.74 Å². The Morgan fingerprint density at radius 1 is 1.29 bits per heavy atom. The van der Waals surface area contributed by atoms with Gasteiger partial charge in [0.15, 0.2) is 5.78 Å². The zero-order valence-electron chi connectivity index (χ0n) is 9.51. The highest BCUT2D eigenvalue weighted by atomic mass is 79.9. The number of pyridine rings is 1. The summed E-state index contributed by atoms with van der Waals surface area (Å²) in [4.78, 5) is 22.2. The lowest BCUT2D eigenvalue weighted by atomic mass is 10.2. The van der Waals surface area contributed by atoms with Gasteiger partial charge in [0.05, 0.1) is 25.4 Å². The average Bonchev–Trinajstić information content (AvgIpc) is 2.29. The van der Waals surface area contributed by atoms with Crippen LogP contribution in [-0.4, -0.2) is 23.4 Å². The number of rotatable bonds is 5. The minimum atomic E-state index is -0.375. The van der Waals surface area contributed by atoms with E-state index in [1.807, 2.05) is 0 Å². The standard InChI is InChI=1S/C11H14N2O3.BrH/c1-16-11(15)3-2-10(14)8-13-6-4-9(12)5-7-13;/h4-7,12H,2-3,8H2,1H3;1H. The van der Waals surface area contributed by atoms with Crippen molar-refractivity contribution < 1.29 is 14.3 Å². The van der Waals surface area contributed by atoms with Crippen LogP contribution in [-0.2, 0) is 20.9 Å². The molecule has 0 aliphatic heterocycles. The van der Waals surface area contributed by atoms with Crippen molar-refractivity contribution in [1.29, 1.82) is 5.41 Å². The Bertz CT molecular complexity index is 422. The molecule has 0 atom stereocenters. The number of carbonyl (C=O) groups excluding carboxylic acids is 2. The zero-order valence-corrected chi connectivity index (χ0v) is 11.2. The van der Waals surface area contributed by atoms with Crippen molar-refractivity contribution in [2.24, 2.45) is 0 Å². The molecule has 94 valence electrons. The molecular formula is C11H15BrN2O3. The van der Waals surface area contributed by atoms with E-state index in [0.29, 0.717) is 5.36 Å². The number of aromatic nitrogens is 1. The Labute approximate surface area is 110 Å². The topological polar surface area (TPSA) is 72.2 Å². The van der Waals surface area contributed by atoms with Gasteiger partial charge in [0, 0.05) is 18.8 Å². The summed E-state index contributed by atoms with van der Waals surface area (Å²) in [5.41, 5.74) is 0. The van der Waals surface area contributed by atoms with Crippen LogP contribution in [0.2, 0.25) is 0 Å². The summed E-state index contributed by atoms with van der Waals surface area (Å²) in [5, 5.41) is 7.68. The molecule has 0 saturated heterocycles. The highest BCUT2D eigenvalue weighted by Crippen LogP contribution is 1.96. The average molecular weight is 303 g/mol. The Morgan fingerprint density at radius 2 is 1.88 bits per heavy atom. The first kappa shape index (κ1) is 15.6. The van der Waals surface area contributed by atoms with Crippen LogP contribution in [0.25, 0.3) is 0 Å². The van der Waals surface area contributed by atoms with Crippen molar-refractivity contribution in [2.45, 2.75) is 19.4 Å². The number of nitrogens with one attached hydrogen (secondary N) is 1. The fourth-order valence-corrected chi connectivity index (χ4v) is 1.19. The lowest BCUT2D eigenvalue weighted by Gasteiger charge is -2.04. The van der Waals surface area contributed by atoms with Gasteiger partial charge in [0.1, 0.15) is 0 Å². The largest absolute Gasteiger partial charge is 0.469 e. The van der Waals surface area contributed by atoms with Gasteiger partial charge in [-0.15, -0.1) is 17.0 Å². The van der Waals surface area contributed by atoms with Crippen LogP contribution < -0.4 is 5.36 Å². The van der Waals surface area contributed by atoms with Crippen molar-refractivity contribution in [2.75, 3.05) is 7.11 Å².